The van der Waals surface area contributed by atoms with Gasteiger partial charge in [-0.05, 0) is 14.1 Å². The highest BCUT2D eigenvalue weighted by molar-refractivity contribution is 5.48. The zero-order valence-electron chi connectivity index (χ0n) is 5.19. The zero-order chi connectivity index (χ0) is 6.12. The summed E-state index contributed by atoms with van der Waals surface area (Å²) in [5, 5.41) is 2.75. The summed E-state index contributed by atoms with van der Waals surface area (Å²) in [7, 11) is 3.75. The van der Waals surface area contributed by atoms with Crippen LogP contribution in [0.2, 0.25) is 0 Å². The first-order valence-corrected chi connectivity index (χ1v) is 2.35. The van der Waals surface area contributed by atoms with Gasteiger partial charge in [-0.1, -0.05) is 6.92 Å². The number of nitrogens with one attached hydrogen (secondary N) is 1. The second-order valence-corrected chi connectivity index (χ2v) is 1.07. The SMILES string of the molecule is CCC=O.CNC. The molecular formula is C5H13NO. The van der Waals surface area contributed by atoms with Gasteiger partial charge in [-0.15, -0.1) is 0 Å². The summed E-state index contributed by atoms with van der Waals surface area (Å²) < 4.78 is 0. The van der Waals surface area contributed by atoms with E-state index in [9.17, 15) is 4.79 Å². The van der Waals surface area contributed by atoms with Crippen LogP contribution in [0.5, 0.6) is 0 Å². The van der Waals surface area contributed by atoms with Crippen molar-refractivity contribution < 1.29 is 4.79 Å². The lowest BCUT2D eigenvalue weighted by molar-refractivity contribution is -0.107. The Labute approximate surface area is 44.9 Å². The fourth-order valence-corrected chi connectivity index (χ4v) is 0. The molecule has 0 bridgehead atoms. The lowest BCUT2D eigenvalue weighted by Crippen LogP contribution is -1.89. The quantitative estimate of drug-likeness (QED) is 0.488. The molecule has 0 aromatic heterocycles. The smallest absolute Gasteiger partial charge is 0.119 e. The van der Waals surface area contributed by atoms with E-state index in [1.54, 1.807) is 0 Å². The Hall–Kier alpha value is -0.370. The summed E-state index contributed by atoms with van der Waals surface area (Å²) in [6, 6.07) is 0. The Morgan fingerprint density at radius 3 is 1.71 bits per heavy atom. The van der Waals surface area contributed by atoms with Crippen LogP contribution in [-0.4, -0.2) is 20.4 Å². The van der Waals surface area contributed by atoms with Crippen molar-refractivity contribution in [1.29, 1.82) is 0 Å². The summed E-state index contributed by atoms with van der Waals surface area (Å²) in [5.41, 5.74) is 0. The molecule has 0 radical (unpaired) electrons. The van der Waals surface area contributed by atoms with Crippen LogP contribution in [0.3, 0.4) is 0 Å². The highest BCUT2D eigenvalue weighted by Crippen LogP contribution is 1.53. The van der Waals surface area contributed by atoms with Crippen molar-refractivity contribution in [3.8, 4) is 0 Å². The second kappa shape index (κ2) is 17.4. The molecule has 2 nitrogen and oxygen atoms in total. The third-order valence-electron chi connectivity index (χ3n) is 0.167. The van der Waals surface area contributed by atoms with E-state index in [-0.39, 0.29) is 0 Å². The van der Waals surface area contributed by atoms with Crippen LogP contribution in [0, 0.1) is 0 Å². The lowest BCUT2D eigenvalue weighted by Gasteiger charge is -1.59. The first-order chi connectivity index (χ1) is 3.33. The van der Waals surface area contributed by atoms with Crippen molar-refractivity contribution in [1.82, 2.24) is 5.32 Å². The average Bonchev–Trinajstić information content (AvgIpc) is 1.69. The molecular weight excluding hydrogens is 90.1 g/mol. The van der Waals surface area contributed by atoms with Gasteiger partial charge in [-0.25, -0.2) is 0 Å². The van der Waals surface area contributed by atoms with Gasteiger partial charge in [-0.2, -0.15) is 0 Å². The molecule has 0 fully saturated rings. The molecule has 0 aliphatic carbocycles. The van der Waals surface area contributed by atoms with Crippen molar-refractivity contribution in [3.63, 3.8) is 0 Å². The van der Waals surface area contributed by atoms with Gasteiger partial charge in [-0.3, -0.25) is 0 Å². The Kier molecular flexibility index (Phi) is 24.4. The fourth-order valence-electron chi connectivity index (χ4n) is 0. The molecule has 0 rings (SSSR count). The van der Waals surface area contributed by atoms with Crippen LogP contribution in [0.25, 0.3) is 0 Å². The summed E-state index contributed by atoms with van der Waals surface area (Å²) in [6.07, 6.45) is 1.51. The summed E-state index contributed by atoms with van der Waals surface area (Å²) in [4.78, 5) is 9.17. The monoisotopic (exact) mass is 103 g/mol. The maximum absolute atomic E-state index is 9.17. The standard InChI is InChI=1S/C3H6O.C2H7N/c1-2-3-4;1-3-2/h3H,2H2,1H3;3H,1-2H3. The van der Waals surface area contributed by atoms with E-state index in [0.717, 1.165) is 6.29 Å². The minimum atomic E-state index is 0.639. The van der Waals surface area contributed by atoms with Crippen LogP contribution in [-0.2, 0) is 4.79 Å². The highest BCUT2D eigenvalue weighted by atomic mass is 16.1. The molecule has 0 heterocycles. The van der Waals surface area contributed by atoms with Gasteiger partial charge >= 0.3 is 0 Å². The van der Waals surface area contributed by atoms with Gasteiger partial charge in [0, 0.05) is 6.42 Å². The first kappa shape index (κ1) is 9.80. The maximum Gasteiger partial charge on any atom is 0.119 e. The molecule has 2 heteroatoms. The molecule has 0 saturated heterocycles. The number of carbonyl (C=O) groups is 1. The molecule has 7 heavy (non-hydrogen) atoms. The number of rotatable bonds is 1. The molecule has 0 unspecified atom stereocenters. The molecule has 0 amide bonds. The molecule has 44 valence electrons. The first-order valence-electron chi connectivity index (χ1n) is 2.35. The molecule has 0 aliphatic rings. The number of aldehydes is 1. The van der Waals surface area contributed by atoms with Crippen molar-refractivity contribution in [3.05, 3.63) is 0 Å². The van der Waals surface area contributed by atoms with Crippen LogP contribution < -0.4 is 5.32 Å². The number of hydrogen-bond acceptors (Lipinski definition) is 2. The lowest BCUT2D eigenvalue weighted by atomic mass is 10.6. The van der Waals surface area contributed by atoms with Crippen molar-refractivity contribution in [2.24, 2.45) is 0 Å². The van der Waals surface area contributed by atoms with Crippen molar-refractivity contribution in [2.75, 3.05) is 14.1 Å². The van der Waals surface area contributed by atoms with E-state index in [2.05, 4.69) is 5.32 Å². The highest BCUT2D eigenvalue weighted by Gasteiger charge is 1.52. The minimum absolute atomic E-state index is 0.639. The molecule has 1 N–H and O–H groups in total. The van der Waals surface area contributed by atoms with Crippen LogP contribution in [0.15, 0.2) is 0 Å². The van der Waals surface area contributed by atoms with Crippen molar-refractivity contribution >= 4 is 6.29 Å². The van der Waals surface area contributed by atoms with Crippen LogP contribution >= 0.6 is 0 Å². The van der Waals surface area contributed by atoms with Gasteiger partial charge in [0.25, 0.3) is 0 Å². The van der Waals surface area contributed by atoms with E-state index in [1.165, 1.54) is 0 Å². The zero-order valence-corrected chi connectivity index (χ0v) is 5.19. The third kappa shape index (κ3) is 187. The number of hydrogen-bond donors (Lipinski definition) is 1. The minimum Gasteiger partial charge on any atom is -0.323 e. The van der Waals surface area contributed by atoms with Gasteiger partial charge in [0.2, 0.25) is 0 Å². The molecule has 0 spiro atoms. The van der Waals surface area contributed by atoms with E-state index >= 15 is 0 Å². The van der Waals surface area contributed by atoms with Gasteiger partial charge in [0.15, 0.2) is 0 Å². The average molecular weight is 103 g/mol. The fraction of sp³-hybridized carbons (Fsp3) is 0.800. The molecule has 0 atom stereocenters. The molecule has 0 aromatic carbocycles. The van der Waals surface area contributed by atoms with E-state index < -0.39 is 0 Å². The predicted octanol–water partition coefficient (Wildman–Crippen LogP) is 0.431. The van der Waals surface area contributed by atoms with Gasteiger partial charge in [0.05, 0.1) is 0 Å². The second-order valence-electron chi connectivity index (χ2n) is 1.07. The van der Waals surface area contributed by atoms with E-state index in [1.807, 2.05) is 21.0 Å². The predicted molar refractivity (Wildman–Crippen MR) is 31.3 cm³/mol. The Morgan fingerprint density at radius 1 is 1.57 bits per heavy atom. The Bertz CT molecular complexity index is 29.3. The molecule has 0 saturated carbocycles. The van der Waals surface area contributed by atoms with E-state index in [0.29, 0.717) is 6.42 Å². The topological polar surface area (TPSA) is 29.1 Å². The van der Waals surface area contributed by atoms with Gasteiger partial charge in [0.1, 0.15) is 6.29 Å². The summed E-state index contributed by atoms with van der Waals surface area (Å²) in [6.45, 7) is 1.81. The Morgan fingerprint density at radius 2 is 1.71 bits per heavy atom. The maximum atomic E-state index is 9.17. The third-order valence-corrected chi connectivity index (χ3v) is 0.167. The Balaban J connectivity index is 0. The normalized spacial score (nSPS) is 6.14. The summed E-state index contributed by atoms with van der Waals surface area (Å²) in [5.74, 6) is 0. The number of carbonyl (C=O) groups excluding carboxylic acids is 1. The molecule has 0 aliphatic heterocycles. The summed E-state index contributed by atoms with van der Waals surface area (Å²) >= 11 is 0. The van der Waals surface area contributed by atoms with Crippen LogP contribution in [0.1, 0.15) is 13.3 Å². The van der Waals surface area contributed by atoms with Crippen LogP contribution in [0.4, 0.5) is 0 Å². The van der Waals surface area contributed by atoms with Gasteiger partial charge < -0.3 is 10.1 Å². The largest absolute Gasteiger partial charge is 0.323 e. The van der Waals surface area contributed by atoms with Crippen molar-refractivity contribution in [2.45, 2.75) is 13.3 Å². The molecule has 0 aromatic rings. The van der Waals surface area contributed by atoms with E-state index in [4.69, 9.17) is 0 Å².